The van der Waals surface area contributed by atoms with E-state index in [1.807, 2.05) is 11.3 Å². The summed E-state index contributed by atoms with van der Waals surface area (Å²) >= 11 is 1.84. The van der Waals surface area contributed by atoms with Crippen molar-refractivity contribution in [3.8, 4) is 0 Å². The summed E-state index contributed by atoms with van der Waals surface area (Å²) in [6, 6.07) is 6.91. The summed E-state index contributed by atoms with van der Waals surface area (Å²) in [5.74, 6) is 0. The Morgan fingerprint density at radius 3 is 2.75 bits per heavy atom. The average Bonchev–Trinajstić information content (AvgIpc) is 3.04. The smallest absolute Gasteiger partial charge is 0.339 e. The van der Waals surface area contributed by atoms with Crippen LogP contribution in [0.15, 0.2) is 23.6 Å². The molecule has 2 heterocycles. The lowest BCUT2D eigenvalue weighted by atomic mass is 9.91. The van der Waals surface area contributed by atoms with Gasteiger partial charge in [0.25, 0.3) is 0 Å². The van der Waals surface area contributed by atoms with Gasteiger partial charge in [-0.2, -0.15) is 0 Å². The van der Waals surface area contributed by atoms with Crippen LogP contribution in [0.2, 0.25) is 0 Å². The first-order valence-electron chi connectivity index (χ1n) is 7.29. The molecule has 2 aromatic rings. The molecule has 4 rings (SSSR count). The zero-order chi connectivity index (χ0) is 12.7. The normalized spacial score (nSPS) is 16.2. The highest BCUT2D eigenvalue weighted by molar-refractivity contribution is 7.13. The van der Waals surface area contributed by atoms with Gasteiger partial charge in [-0.1, -0.05) is 17.4 Å². The highest BCUT2D eigenvalue weighted by atomic mass is 79.9. The number of nitrogens with zero attached hydrogens (tertiary/aromatic N) is 1. The Kier molecular flexibility index (Phi) is 4.13. The van der Waals surface area contributed by atoms with Crippen LogP contribution in [-0.4, -0.2) is 0 Å². The summed E-state index contributed by atoms with van der Waals surface area (Å²) < 4.78 is 2.43. The highest BCUT2D eigenvalue weighted by Crippen LogP contribution is 2.27. The summed E-state index contributed by atoms with van der Waals surface area (Å²) in [6.45, 7) is 1.17. The summed E-state index contributed by atoms with van der Waals surface area (Å²) in [7, 11) is 0. The molecule has 1 aromatic carbocycles. The Morgan fingerprint density at radius 1 is 1.00 bits per heavy atom. The third-order valence-corrected chi connectivity index (χ3v) is 5.25. The zero-order valence-corrected chi connectivity index (χ0v) is 13.9. The lowest BCUT2D eigenvalue weighted by molar-refractivity contribution is -0.672. The minimum Gasteiger partial charge on any atom is -1.00 e. The van der Waals surface area contributed by atoms with Gasteiger partial charge < -0.3 is 17.0 Å². The number of aryl methyl sites for hydroxylation is 3. The molecule has 1 aromatic heterocycles. The molecule has 106 valence electrons. The van der Waals surface area contributed by atoms with Gasteiger partial charge in [0.2, 0.25) is 0 Å². The Balaban J connectivity index is 0.00000121. The molecule has 2 nitrogen and oxygen atoms in total. The van der Waals surface area contributed by atoms with Crippen LogP contribution in [0.5, 0.6) is 0 Å². The molecule has 0 atom stereocenters. The number of anilines is 2. The number of aromatic nitrogens is 1. The van der Waals surface area contributed by atoms with Gasteiger partial charge in [-0.25, -0.2) is 9.88 Å². The standard InChI is InChI=1S/C16H18N2S.BrH/c1-2-5-13-10-14(8-7-12(13)4-1)17-16-18-9-3-6-15(18)11-19-16;/h7-8,10-11H,1-6,9H2;1H. The van der Waals surface area contributed by atoms with Gasteiger partial charge in [0.1, 0.15) is 11.4 Å². The molecule has 0 fully saturated rings. The molecule has 0 spiro atoms. The average molecular weight is 351 g/mol. The lowest BCUT2D eigenvalue weighted by Crippen LogP contribution is -3.00. The highest BCUT2D eigenvalue weighted by Gasteiger charge is 2.23. The third-order valence-electron chi connectivity index (χ3n) is 4.31. The van der Waals surface area contributed by atoms with Gasteiger partial charge in [0, 0.05) is 11.8 Å². The van der Waals surface area contributed by atoms with E-state index in [4.69, 9.17) is 0 Å². The first-order valence-corrected chi connectivity index (χ1v) is 8.17. The van der Waals surface area contributed by atoms with E-state index in [2.05, 4.69) is 33.5 Å². The summed E-state index contributed by atoms with van der Waals surface area (Å²) in [4.78, 5) is 0. The molecule has 1 N–H and O–H groups in total. The fourth-order valence-corrected chi connectivity index (χ4v) is 4.28. The molecular formula is C16H19BrN2S. The maximum atomic E-state index is 3.62. The van der Waals surface area contributed by atoms with E-state index in [-0.39, 0.29) is 17.0 Å². The molecule has 0 radical (unpaired) electrons. The van der Waals surface area contributed by atoms with Crippen LogP contribution in [0, 0.1) is 0 Å². The second-order valence-electron chi connectivity index (χ2n) is 5.60. The largest absolute Gasteiger partial charge is 1.00 e. The summed E-state index contributed by atoms with van der Waals surface area (Å²) in [6.07, 6.45) is 7.75. The summed E-state index contributed by atoms with van der Waals surface area (Å²) in [5.41, 5.74) is 5.85. The molecule has 0 amide bonds. The number of hydrogen-bond acceptors (Lipinski definition) is 2. The second-order valence-corrected chi connectivity index (χ2v) is 6.46. The van der Waals surface area contributed by atoms with Gasteiger partial charge in [-0.3, -0.25) is 0 Å². The molecule has 0 bridgehead atoms. The van der Waals surface area contributed by atoms with Crippen molar-refractivity contribution in [1.29, 1.82) is 0 Å². The predicted molar refractivity (Wildman–Crippen MR) is 79.2 cm³/mol. The van der Waals surface area contributed by atoms with E-state index in [1.165, 1.54) is 61.6 Å². The Morgan fingerprint density at radius 2 is 1.85 bits per heavy atom. The minimum atomic E-state index is 0. The first-order chi connectivity index (χ1) is 9.40. The number of fused-ring (bicyclic) bond motifs is 2. The molecular weight excluding hydrogens is 332 g/mol. The Labute approximate surface area is 134 Å². The van der Waals surface area contributed by atoms with E-state index in [0.717, 1.165) is 0 Å². The Hall–Kier alpha value is -0.870. The molecule has 4 heteroatoms. The van der Waals surface area contributed by atoms with Gasteiger partial charge in [-0.15, -0.1) is 0 Å². The van der Waals surface area contributed by atoms with E-state index in [1.54, 1.807) is 11.1 Å². The van der Waals surface area contributed by atoms with Gasteiger partial charge in [0.15, 0.2) is 0 Å². The van der Waals surface area contributed by atoms with E-state index in [9.17, 15) is 0 Å². The number of thiazole rings is 1. The number of nitrogens with one attached hydrogen (secondary N) is 1. The van der Waals surface area contributed by atoms with Crippen LogP contribution in [0.4, 0.5) is 10.8 Å². The van der Waals surface area contributed by atoms with Crippen LogP contribution in [-0.2, 0) is 25.8 Å². The van der Waals surface area contributed by atoms with Crippen molar-refractivity contribution in [2.24, 2.45) is 0 Å². The first kappa shape index (κ1) is 14.1. The SMILES string of the molecule is [Br-].c1cc2c(cc1Nc1scc3[n+]1CCC3)CCCC2. The van der Waals surface area contributed by atoms with Gasteiger partial charge in [0.05, 0.1) is 6.54 Å². The maximum absolute atomic E-state index is 3.62. The van der Waals surface area contributed by atoms with E-state index in [0.29, 0.717) is 0 Å². The number of halogens is 1. The fourth-order valence-electron chi connectivity index (χ4n) is 3.27. The topological polar surface area (TPSA) is 15.9 Å². The summed E-state index contributed by atoms with van der Waals surface area (Å²) in [5, 5.41) is 7.21. The van der Waals surface area contributed by atoms with Gasteiger partial charge in [-0.05, 0) is 55.4 Å². The molecule has 0 saturated carbocycles. The molecule has 1 aliphatic carbocycles. The second kappa shape index (κ2) is 5.86. The van der Waals surface area contributed by atoms with Crippen molar-refractivity contribution in [2.45, 2.75) is 45.1 Å². The minimum absolute atomic E-state index is 0. The lowest BCUT2D eigenvalue weighted by Gasteiger charge is -2.15. The van der Waals surface area contributed by atoms with Crippen molar-refractivity contribution in [3.05, 3.63) is 40.4 Å². The van der Waals surface area contributed by atoms with Crippen LogP contribution in [0.25, 0.3) is 0 Å². The molecule has 20 heavy (non-hydrogen) atoms. The number of benzene rings is 1. The van der Waals surface area contributed by atoms with Crippen LogP contribution >= 0.6 is 11.3 Å². The quantitative estimate of drug-likeness (QED) is 0.784. The maximum Gasteiger partial charge on any atom is 0.339 e. The molecule has 2 aliphatic rings. The van der Waals surface area contributed by atoms with E-state index < -0.39 is 0 Å². The van der Waals surface area contributed by atoms with Crippen molar-refractivity contribution in [1.82, 2.24) is 0 Å². The van der Waals surface area contributed by atoms with Crippen molar-refractivity contribution in [2.75, 3.05) is 5.32 Å². The van der Waals surface area contributed by atoms with Crippen LogP contribution < -0.4 is 26.9 Å². The monoisotopic (exact) mass is 350 g/mol. The number of hydrogen-bond donors (Lipinski definition) is 1. The molecule has 0 saturated heterocycles. The zero-order valence-electron chi connectivity index (χ0n) is 11.5. The van der Waals surface area contributed by atoms with Gasteiger partial charge >= 0.3 is 5.13 Å². The number of rotatable bonds is 2. The Bertz CT molecular complexity index is 621. The van der Waals surface area contributed by atoms with Crippen molar-refractivity contribution < 1.29 is 21.5 Å². The van der Waals surface area contributed by atoms with Crippen molar-refractivity contribution >= 4 is 22.2 Å². The van der Waals surface area contributed by atoms with E-state index >= 15 is 0 Å². The fraction of sp³-hybridized carbons (Fsp3) is 0.438. The van der Waals surface area contributed by atoms with Crippen molar-refractivity contribution in [3.63, 3.8) is 0 Å². The molecule has 0 unspecified atom stereocenters. The predicted octanol–water partition coefficient (Wildman–Crippen LogP) is 0.608. The molecule has 1 aliphatic heterocycles. The third kappa shape index (κ3) is 2.51. The van der Waals surface area contributed by atoms with Crippen LogP contribution in [0.3, 0.4) is 0 Å². The van der Waals surface area contributed by atoms with Crippen LogP contribution in [0.1, 0.15) is 36.1 Å².